The van der Waals surface area contributed by atoms with Crippen LogP contribution in [-0.4, -0.2) is 60.7 Å². The minimum Gasteiger partial charge on any atom is -0.392 e. The number of piperidine rings is 1. The van der Waals surface area contributed by atoms with Gasteiger partial charge in [0.25, 0.3) is 5.91 Å². The van der Waals surface area contributed by atoms with Gasteiger partial charge in [-0.2, -0.15) is 0 Å². The molecule has 0 radical (unpaired) electrons. The molecule has 3 saturated heterocycles. The number of amides is 1. The van der Waals surface area contributed by atoms with Crippen molar-refractivity contribution >= 4 is 11.6 Å². The molecule has 0 saturated carbocycles. The molecule has 8 heteroatoms. The molecule has 3 aromatic carbocycles. The summed E-state index contributed by atoms with van der Waals surface area (Å²) < 4.78 is 24.9. The van der Waals surface area contributed by atoms with E-state index in [2.05, 4.69) is 10.2 Å². The van der Waals surface area contributed by atoms with Gasteiger partial charge in [0.2, 0.25) is 0 Å². The molecule has 210 valence electrons. The third-order valence-corrected chi connectivity index (χ3v) is 7.96. The molecule has 40 heavy (non-hydrogen) atoms. The van der Waals surface area contributed by atoms with Crippen LogP contribution in [0.2, 0.25) is 0 Å². The van der Waals surface area contributed by atoms with Crippen molar-refractivity contribution in [2.24, 2.45) is 0 Å². The number of likely N-dealkylation sites (tertiary alicyclic amines) is 1. The Morgan fingerprint density at radius 1 is 0.900 bits per heavy atom. The summed E-state index contributed by atoms with van der Waals surface area (Å²) in [6, 6.07) is 24.7. The van der Waals surface area contributed by atoms with Crippen LogP contribution >= 0.6 is 0 Å². The van der Waals surface area contributed by atoms with E-state index in [0.717, 1.165) is 49.2 Å². The second-order valence-electron chi connectivity index (χ2n) is 10.7. The number of benzene rings is 3. The largest absolute Gasteiger partial charge is 0.392 e. The zero-order chi connectivity index (χ0) is 27.4. The van der Waals surface area contributed by atoms with Gasteiger partial charge in [0.05, 0.1) is 32.0 Å². The summed E-state index contributed by atoms with van der Waals surface area (Å²) in [5.41, 5.74) is 4.04. The van der Waals surface area contributed by atoms with Crippen molar-refractivity contribution in [1.82, 2.24) is 4.90 Å². The molecule has 3 aromatic rings. The lowest BCUT2D eigenvalue weighted by molar-refractivity contribution is -0.255. The first kappa shape index (κ1) is 27.1. The highest BCUT2D eigenvalue weighted by molar-refractivity contribution is 6.04. The molecule has 6 rings (SSSR count). The monoisotopic (exact) mass is 544 g/mol. The van der Waals surface area contributed by atoms with E-state index in [1.165, 1.54) is 0 Å². The summed E-state index contributed by atoms with van der Waals surface area (Å²) in [5.74, 6) is -0.571. The number of ether oxygens (including phenoxy) is 4. The van der Waals surface area contributed by atoms with E-state index in [1.807, 2.05) is 66.7 Å². The predicted octanol–water partition coefficient (Wildman–Crippen LogP) is 4.82. The van der Waals surface area contributed by atoms with E-state index in [0.29, 0.717) is 30.9 Å². The summed E-state index contributed by atoms with van der Waals surface area (Å²) in [5, 5.41) is 12.5. The van der Waals surface area contributed by atoms with E-state index in [-0.39, 0.29) is 24.7 Å². The summed E-state index contributed by atoms with van der Waals surface area (Å²) in [6.45, 7) is 3.92. The summed E-state index contributed by atoms with van der Waals surface area (Å²) in [6.07, 6.45) is 1.62. The highest BCUT2D eigenvalue weighted by Crippen LogP contribution is 2.39. The van der Waals surface area contributed by atoms with Crippen LogP contribution in [0.25, 0.3) is 0 Å². The van der Waals surface area contributed by atoms with Gasteiger partial charge in [-0.1, -0.05) is 54.6 Å². The van der Waals surface area contributed by atoms with Crippen LogP contribution in [0.15, 0.2) is 78.9 Å². The average Bonchev–Trinajstić information content (AvgIpc) is 3.47. The van der Waals surface area contributed by atoms with Gasteiger partial charge < -0.3 is 34.3 Å². The predicted molar refractivity (Wildman–Crippen MR) is 150 cm³/mol. The van der Waals surface area contributed by atoms with Crippen molar-refractivity contribution in [3.05, 3.63) is 101 Å². The van der Waals surface area contributed by atoms with Crippen molar-refractivity contribution in [1.29, 1.82) is 0 Å². The van der Waals surface area contributed by atoms with Gasteiger partial charge in [0.1, 0.15) is 0 Å². The van der Waals surface area contributed by atoms with Crippen LogP contribution in [0.3, 0.4) is 0 Å². The van der Waals surface area contributed by atoms with E-state index in [9.17, 15) is 9.90 Å². The van der Waals surface area contributed by atoms with Crippen molar-refractivity contribution in [2.45, 2.75) is 50.2 Å². The Labute approximate surface area is 234 Å². The Balaban J connectivity index is 1.18. The number of aliphatic hydroxyl groups is 1. The van der Waals surface area contributed by atoms with E-state index < -0.39 is 12.1 Å². The van der Waals surface area contributed by atoms with Gasteiger partial charge in [-0.25, -0.2) is 0 Å². The fraction of sp³-hybridized carbons (Fsp3) is 0.406. The fourth-order valence-electron chi connectivity index (χ4n) is 5.74. The summed E-state index contributed by atoms with van der Waals surface area (Å²) in [4.78, 5) is 15.2. The van der Waals surface area contributed by atoms with Gasteiger partial charge in [-0.3, -0.25) is 4.79 Å². The lowest BCUT2D eigenvalue weighted by Crippen LogP contribution is -2.48. The quantitative estimate of drug-likeness (QED) is 0.441. The Morgan fingerprint density at radius 2 is 1.65 bits per heavy atom. The zero-order valence-electron chi connectivity index (χ0n) is 22.5. The second-order valence-corrected chi connectivity index (χ2v) is 10.7. The van der Waals surface area contributed by atoms with Gasteiger partial charge >= 0.3 is 0 Å². The SMILES string of the molecule is O=C(Nc1cccc([C@@H]2O[C@H](CN3CCC4(CC3)OCCO4)C[C@H](c3ccc(CO)cc3)O2)c1)c1ccccc1. The molecule has 1 amide bonds. The number of hydrogen-bond acceptors (Lipinski definition) is 7. The number of nitrogens with zero attached hydrogens (tertiary/aromatic N) is 1. The highest BCUT2D eigenvalue weighted by Gasteiger charge is 2.41. The van der Waals surface area contributed by atoms with Crippen LogP contribution in [0.5, 0.6) is 0 Å². The topological polar surface area (TPSA) is 89.5 Å². The van der Waals surface area contributed by atoms with Crippen molar-refractivity contribution < 1.29 is 28.8 Å². The summed E-state index contributed by atoms with van der Waals surface area (Å²) >= 11 is 0. The molecule has 3 aliphatic heterocycles. The molecule has 0 aromatic heterocycles. The zero-order valence-corrected chi connectivity index (χ0v) is 22.5. The molecule has 2 N–H and O–H groups in total. The standard InChI is InChI=1S/C32H36N2O6/c35-22-23-9-11-24(12-10-23)29-20-28(21-34-15-13-32(14-16-34)37-17-18-38-32)39-31(40-29)26-7-4-8-27(19-26)33-30(36)25-5-2-1-3-6-25/h1-12,19,28-29,31,35H,13-18,20-22H2,(H,33,36)/t28-,29+,31+/m0/s1. The molecule has 3 fully saturated rings. The van der Waals surface area contributed by atoms with Crippen molar-refractivity contribution in [2.75, 3.05) is 38.2 Å². The number of anilines is 1. The van der Waals surface area contributed by atoms with Gasteiger partial charge in [-0.05, 0) is 35.4 Å². The van der Waals surface area contributed by atoms with Crippen LogP contribution in [0.1, 0.15) is 58.7 Å². The highest BCUT2D eigenvalue weighted by atomic mass is 16.7. The van der Waals surface area contributed by atoms with E-state index in [1.54, 1.807) is 12.1 Å². The maximum absolute atomic E-state index is 12.7. The molecule has 0 bridgehead atoms. The third-order valence-electron chi connectivity index (χ3n) is 7.96. The number of aliphatic hydroxyl groups excluding tert-OH is 1. The van der Waals surface area contributed by atoms with Crippen LogP contribution in [-0.2, 0) is 25.6 Å². The molecular weight excluding hydrogens is 508 g/mol. The van der Waals surface area contributed by atoms with Gasteiger partial charge in [0, 0.05) is 55.7 Å². The minimum atomic E-state index is -0.590. The Bertz CT molecular complexity index is 1270. The fourth-order valence-corrected chi connectivity index (χ4v) is 5.74. The average molecular weight is 545 g/mol. The number of carbonyl (C=O) groups is 1. The molecule has 3 atom stereocenters. The van der Waals surface area contributed by atoms with E-state index >= 15 is 0 Å². The Kier molecular flexibility index (Phi) is 8.25. The number of hydrogen-bond donors (Lipinski definition) is 2. The maximum Gasteiger partial charge on any atom is 0.255 e. The number of nitrogens with one attached hydrogen (secondary N) is 1. The molecular formula is C32H36N2O6. The minimum absolute atomic E-state index is 0.00549. The molecule has 0 aliphatic carbocycles. The normalized spacial score (nSPS) is 24.7. The molecule has 3 heterocycles. The van der Waals surface area contributed by atoms with E-state index in [4.69, 9.17) is 18.9 Å². The molecule has 8 nitrogen and oxygen atoms in total. The molecule has 3 aliphatic rings. The smallest absolute Gasteiger partial charge is 0.255 e. The van der Waals surface area contributed by atoms with Crippen molar-refractivity contribution in [3.63, 3.8) is 0 Å². The number of rotatable bonds is 7. The number of carbonyl (C=O) groups excluding carboxylic acids is 1. The van der Waals surface area contributed by atoms with Crippen LogP contribution in [0.4, 0.5) is 5.69 Å². The van der Waals surface area contributed by atoms with Crippen LogP contribution in [0, 0.1) is 0 Å². The Hall–Kier alpha value is -3.11. The first-order valence-electron chi connectivity index (χ1n) is 14.1. The first-order valence-corrected chi connectivity index (χ1v) is 14.1. The molecule has 0 unspecified atom stereocenters. The first-order chi connectivity index (χ1) is 19.6. The molecule has 1 spiro atoms. The Morgan fingerprint density at radius 3 is 2.38 bits per heavy atom. The van der Waals surface area contributed by atoms with Gasteiger partial charge in [0.15, 0.2) is 12.1 Å². The van der Waals surface area contributed by atoms with Crippen molar-refractivity contribution in [3.8, 4) is 0 Å². The second kappa shape index (κ2) is 12.2. The van der Waals surface area contributed by atoms with Gasteiger partial charge in [-0.15, -0.1) is 0 Å². The maximum atomic E-state index is 12.7. The van der Waals surface area contributed by atoms with Crippen LogP contribution < -0.4 is 5.32 Å². The lowest BCUT2D eigenvalue weighted by atomic mass is 9.98. The third kappa shape index (κ3) is 6.28. The lowest BCUT2D eigenvalue weighted by Gasteiger charge is -2.41. The summed E-state index contributed by atoms with van der Waals surface area (Å²) in [7, 11) is 0.